The third-order valence-corrected chi connectivity index (χ3v) is 5.11. The molecular formula is C19H30IN7O. The van der Waals surface area contributed by atoms with Crippen molar-refractivity contribution in [2.45, 2.75) is 45.2 Å². The highest BCUT2D eigenvalue weighted by Gasteiger charge is 2.22. The molecule has 154 valence electrons. The van der Waals surface area contributed by atoms with Crippen LogP contribution in [-0.2, 0) is 11.3 Å². The molecule has 28 heavy (non-hydrogen) atoms. The van der Waals surface area contributed by atoms with Gasteiger partial charge in [-0.25, -0.2) is 14.5 Å². The summed E-state index contributed by atoms with van der Waals surface area (Å²) in [5.74, 6) is 1.27. The Bertz CT molecular complexity index is 804. The second-order valence-corrected chi connectivity index (χ2v) is 7.36. The molecule has 0 saturated heterocycles. The maximum atomic E-state index is 12.0. The molecule has 3 rings (SSSR count). The van der Waals surface area contributed by atoms with E-state index < -0.39 is 0 Å². The first-order chi connectivity index (χ1) is 13.0. The number of likely N-dealkylation sites (N-methyl/N-ethyl adjacent to an activating group) is 1. The summed E-state index contributed by atoms with van der Waals surface area (Å²) in [5.41, 5.74) is 1.75. The number of fused-ring (bicyclic) bond motifs is 1. The number of nitrogens with zero attached hydrogens (tertiary/aromatic N) is 5. The zero-order chi connectivity index (χ0) is 19.2. The minimum atomic E-state index is 0. The third-order valence-electron chi connectivity index (χ3n) is 5.11. The molecule has 8 nitrogen and oxygen atoms in total. The molecule has 2 N–H and O–H groups in total. The van der Waals surface area contributed by atoms with E-state index in [2.05, 4.69) is 27.6 Å². The standard InChI is InChI=1S/C19H29N7O.HI/c1-14-6-4-5-7-16(14)24-19(22-13-18(27)25(2)3)21-12-15-8-10-20-17-9-11-23-26(15)17;/h8-11,14,16H,4-7,12-13H2,1-3H3,(H2,21,22,24);1H. The Morgan fingerprint density at radius 2 is 2.07 bits per heavy atom. The number of rotatable bonds is 5. The number of hydrogen-bond donors (Lipinski definition) is 2. The fourth-order valence-electron chi connectivity index (χ4n) is 3.34. The maximum absolute atomic E-state index is 12.0. The second kappa shape index (κ2) is 10.6. The van der Waals surface area contributed by atoms with Gasteiger partial charge in [0.2, 0.25) is 5.91 Å². The lowest BCUT2D eigenvalue weighted by Crippen LogP contribution is -2.49. The fourth-order valence-corrected chi connectivity index (χ4v) is 3.34. The van der Waals surface area contributed by atoms with Crippen LogP contribution in [0.5, 0.6) is 0 Å². The van der Waals surface area contributed by atoms with E-state index in [1.807, 2.05) is 12.1 Å². The summed E-state index contributed by atoms with van der Waals surface area (Å²) >= 11 is 0. The molecule has 1 amide bonds. The smallest absolute Gasteiger partial charge is 0.241 e. The highest BCUT2D eigenvalue weighted by atomic mass is 127. The van der Waals surface area contributed by atoms with Gasteiger partial charge >= 0.3 is 0 Å². The van der Waals surface area contributed by atoms with Gasteiger partial charge in [-0.05, 0) is 24.8 Å². The Kier molecular flexibility index (Phi) is 8.46. The number of carbonyl (C=O) groups excluding carboxylic acids is 1. The highest BCUT2D eigenvalue weighted by Crippen LogP contribution is 2.23. The van der Waals surface area contributed by atoms with E-state index in [0.29, 0.717) is 24.5 Å². The van der Waals surface area contributed by atoms with Crippen molar-refractivity contribution in [2.75, 3.05) is 20.6 Å². The summed E-state index contributed by atoms with van der Waals surface area (Å²) in [5, 5.41) is 11.0. The van der Waals surface area contributed by atoms with Crippen LogP contribution in [0.3, 0.4) is 0 Å². The predicted molar refractivity (Wildman–Crippen MR) is 121 cm³/mol. The molecule has 0 radical (unpaired) electrons. The zero-order valence-corrected chi connectivity index (χ0v) is 19.1. The Balaban J connectivity index is 0.00000280. The lowest BCUT2D eigenvalue weighted by atomic mass is 9.86. The number of nitrogens with one attached hydrogen (secondary N) is 2. The van der Waals surface area contributed by atoms with Gasteiger partial charge in [0.15, 0.2) is 11.6 Å². The molecule has 1 aliphatic carbocycles. The van der Waals surface area contributed by atoms with Gasteiger partial charge in [-0.2, -0.15) is 5.10 Å². The predicted octanol–water partition coefficient (Wildman–Crippen LogP) is 2.05. The summed E-state index contributed by atoms with van der Waals surface area (Å²) < 4.78 is 1.79. The number of aliphatic imine (C=N–C) groups is 1. The van der Waals surface area contributed by atoms with E-state index in [1.54, 1.807) is 35.9 Å². The zero-order valence-electron chi connectivity index (χ0n) is 16.8. The van der Waals surface area contributed by atoms with Crippen LogP contribution in [0.1, 0.15) is 38.3 Å². The van der Waals surface area contributed by atoms with E-state index in [9.17, 15) is 4.79 Å². The van der Waals surface area contributed by atoms with Crippen LogP contribution >= 0.6 is 24.0 Å². The van der Waals surface area contributed by atoms with Crippen molar-refractivity contribution in [3.05, 3.63) is 30.2 Å². The molecule has 9 heteroatoms. The van der Waals surface area contributed by atoms with Crippen LogP contribution in [0.25, 0.3) is 5.65 Å². The van der Waals surface area contributed by atoms with Crippen molar-refractivity contribution in [3.8, 4) is 0 Å². The fraction of sp³-hybridized carbons (Fsp3) is 0.579. The molecule has 2 aromatic rings. The minimum Gasteiger partial charge on any atom is -0.353 e. The number of guanidine groups is 1. The van der Waals surface area contributed by atoms with Crippen LogP contribution in [-0.4, -0.2) is 58.0 Å². The van der Waals surface area contributed by atoms with Crippen molar-refractivity contribution in [1.82, 2.24) is 30.1 Å². The summed E-state index contributed by atoms with van der Waals surface area (Å²) in [6.07, 6.45) is 8.35. The average molecular weight is 499 g/mol. The van der Waals surface area contributed by atoms with E-state index in [-0.39, 0.29) is 36.4 Å². The molecule has 2 unspecified atom stereocenters. The van der Waals surface area contributed by atoms with E-state index >= 15 is 0 Å². The summed E-state index contributed by atoms with van der Waals surface area (Å²) in [4.78, 5) is 22.6. The highest BCUT2D eigenvalue weighted by molar-refractivity contribution is 14.0. The van der Waals surface area contributed by atoms with Crippen LogP contribution < -0.4 is 10.6 Å². The molecule has 0 bridgehead atoms. The molecule has 0 aromatic carbocycles. The van der Waals surface area contributed by atoms with Crippen LogP contribution in [0.2, 0.25) is 0 Å². The number of amides is 1. The van der Waals surface area contributed by atoms with Crippen LogP contribution in [0.4, 0.5) is 0 Å². The van der Waals surface area contributed by atoms with Crippen molar-refractivity contribution >= 4 is 41.5 Å². The number of hydrogen-bond acceptors (Lipinski definition) is 4. The molecule has 1 aliphatic rings. The average Bonchev–Trinajstić information content (AvgIpc) is 3.14. The van der Waals surface area contributed by atoms with Crippen molar-refractivity contribution in [3.63, 3.8) is 0 Å². The van der Waals surface area contributed by atoms with Gasteiger partial charge in [-0.3, -0.25) is 4.79 Å². The Hall–Kier alpha value is -1.91. The molecule has 2 heterocycles. The topological polar surface area (TPSA) is 86.9 Å². The summed E-state index contributed by atoms with van der Waals surface area (Å²) in [7, 11) is 3.51. The number of aromatic nitrogens is 3. The number of carbonyl (C=O) groups is 1. The largest absolute Gasteiger partial charge is 0.353 e. The monoisotopic (exact) mass is 499 g/mol. The van der Waals surface area contributed by atoms with Crippen molar-refractivity contribution < 1.29 is 4.79 Å². The summed E-state index contributed by atoms with van der Waals surface area (Å²) in [6.45, 7) is 2.94. The summed E-state index contributed by atoms with van der Waals surface area (Å²) in [6, 6.07) is 4.15. The SMILES string of the molecule is CC1CCCCC1NC(=NCc1ccnc2ccnn12)NCC(=O)N(C)C.I. The van der Waals surface area contributed by atoms with Crippen molar-refractivity contribution in [1.29, 1.82) is 0 Å². The second-order valence-electron chi connectivity index (χ2n) is 7.36. The third kappa shape index (κ3) is 5.79. The van der Waals surface area contributed by atoms with E-state index in [1.165, 1.54) is 19.3 Å². The van der Waals surface area contributed by atoms with E-state index in [4.69, 9.17) is 4.99 Å². The quantitative estimate of drug-likeness (QED) is 0.374. The maximum Gasteiger partial charge on any atom is 0.241 e. The van der Waals surface area contributed by atoms with Crippen molar-refractivity contribution in [2.24, 2.45) is 10.9 Å². The first-order valence-electron chi connectivity index (χ1n) is 9.57. The van der Waals surface area contributed by atoms with E-state index in [0.717, 1.165) is 17.8 Å². The molecule has 1 saturated carbocycles. The normalized spacial score (nSPS) is 19.8. The Labute approximate surface area is 183 Å². The van der Waals surface area contributed by atoms with Gasteiger partial charge in [0.05, 0.1) is 25.0 Å². The molecule has 2 aromatic heterocycles. The van der Waals surface area contributed by atoms with Gasteiger partial charge in [0, 0.05) is 32.4 Å². The van der Waals surface area contributed by atoms with Gasteiger partial charge in [-0.1, -0.05) is 19.8 Å². The van der Waals surface area contributed by atoms with Gasteiger partial charge in [0.1, 0.15) is 0 Å². The first-order valence-corrected chi connectivity index (χ1v) is 9.57. The minimum absolute atomic E-state index is 0. The van der Waals surface area contributed by atoms with Gasteiger partial charge in [0.25, 0.3) is 0 Å². The molecular weight excluding hydrogens is 469 g/mol. The molecule has 1 fully saturated rings. The lowest BCUT2D eigenvalue weighted by Gasteiger charge is -2.31. The first kappa shape index (κ1) is 22.4. The molecule has 0 spiro atoms. The van der Waals surface area contributed by atoms with Gasteiger partial charge < -0.3 is 15.5 Å². The molecule has 0 aliphatic heterocycles. The Morgan fingerprint density at radius 1 is 1.29 bits per heavy atom. The lowest BCUT2D eigenvalue weighted by molar-refractivity contribution is -0.127. The Morgan fingerprint density at radius 3 is 2.82 bits per heavy atom. The van der Waals surface area contributed by atoms with Crippen LogP contribution in [0.15, 0.2) is 29.5 Å². The van der Waals surface area contributed by atoms with Gasteiger partial charge in [-0.15, -0.1) is 24.0 Å². The molecule has 2 atom stereocenters. The number of halogens is 1. The van der Waals surface area contributed by atoms with Crippen LogP contribution in [0, 0.1) is 5.92 Å².